The maximum Gasteiger partial charge on any atom is 0.416 e. The largest absolute Gasteiger partial charge is 0.464 e. The zero-order valence-corrected chi connectivity index (χ0v) is 23.8. The number of ether oxygens (including phenoxy) is 3. The average molecular weight is 643 g/mol. The van der Waals surface area contributed by atoms with Gasteiger partial charge in [-0.2, -0.15) is 13.2 Å². The van der Waals surface area contributed by atoms with E-state index in [1.165, 1.54) is 6.92 Å². The molecule has 0 saturated carbocycles. The summed E-state index contributed by atoms with van der Waals surface area (Å²) in [5.41, 5.74) is -2.13. The number of nitrogens with zero attached hydrogens (tertiary/aromatic N) is 1. The minimum absolute atomic E-state index is 0.261. The molecule has 0 heterocycles. The molecule has 0 saturated heterocycles. The molecule has 1 amide bonds. The van der Waals surface area contributed by atoms with E-state index < -0.39 is 63.3 Å². The van der Waals surface area contributed by atoms with Gasteiger partial charge < -0.3 is 14.2 Å². The molecule has 2 aromatic rings. The first-order valence-electron chi connectivity index (χ1n) is 11.1. The Morgan fingerprint density at radius 2 is 1.57 bits per heavy atom. The lowest BCUT2D eigenvalue weighted by atomic mass is 10.0. The lowest BCUT2D eigenvalue weighted by Gasteiger charge is -2.29. The molecule has 0 aliphatic heterocycles. The van der Waals surface area contributed by atoms with Crippen molar-refractivity contribution in [3.05, 3.63) is 76.8 Å². The van der Waals surface area contributed by atoms with Crippen molar-refractivity contribution in [1.82, 2.24) is 4.90 Å². The summed E-state index contributed by atoms with van der Waals surface area (Å²) < 4.78 is 51.8. The molecule has 0 aliphatic carbocycles. The SMILES string of the molecule is CCOC(=O)C(C(=O)c1ccc(C(F)(F)F)cc1)N(C(=O)OCC(Cl)(Cl)Cl)/C(=C/Sc1ccccc1)C(=O)OC. The van der Waals surface area contributed by atoms with Crippen molar-refractivity contribution in [3.8, 4) is 0 Å². The molecule has 0 fully saturated rings. The summed E-state index contributed by atoms with van der Waals surface area (Å²) in [6.07, 6.45) is -6.19. The molecule has 40 heavy (non-hydrogen) atoms. The van der Waals surface area contributed by atoms with E-state index in [0.29, 0.717) is 21.9 Å². The summed E-state index contributed by atoms with van der Waals surface area (Å²) >= 11 is 17.9. The molecule has 0 N–H and O–H groups in total. The van der Waals surface area contributed by atoms with Crippen LogP contribution in [0, 0.1) is 0 Å². The van der Waals surface area contributed by atoms with Crippen LogP contribution in [0.3, 0.4) is 0 Å². The smallest absolute Gasteiger partial charge is 0.416 e. The Hall–Kier alpha value is -2.93. The molecule has 8 nitrogen and oxygen atoms in total. The molecule has 0 bridgehead atoms. The van der Waals surface area contributed by atoms with Crippen LogP contribution < -0.4 is 0 Å². The average Bonchev–Trinajstić information content (AvgIpc) is 2.90. The van der Waals surface area contributed by atoms with E-state index in [1.807, 2.05) is 0 Å². The van der Waals surface area contributed by atoms with E-state index in [4.69, 9.17) is 49.0 Å². The number of methoxy groups -OCH3 is 1. The monoisotopic (exact) mass is 641 g/mol. The number of hydrogen-bond donors (Lipinski definition) is 0. The second-order valence-electron chi connectivity index (χ2n) is 7.56. The van der Waals surface area contributed by atoms with Gasteiger partial charge in [0, 0.05) is 15.9 Å². The van der Waals surface area contributed by atoms with Crippen molar-refractivity contribution in [2.45, 2.75) is 27.8 Å². The number of hydrogen-bond acceptors (Lipinski definition) is 8. The van der Waals surface area contributed by atoms with E-state index in [0.717, 1.165) is 36.4 Å². The van der Waals surface area contributed by atoms with Gasteiger partial charge in [0.1, 0.15) is 12.3 Å². The predicted octanol–water partition coefficient (Wildman–Crippen LogP) is 6.44. The van der Waals surface area contributed by atoms with Gasteiger partial charge in [0.2, 0.25) is 9.83 Å². The molecule has 0 radical (unpaired) electrons. The maximum absolute atomic E-state index is 13.6. The number of alkyl halides is 6. The number of rotatable bonds is 10. The van der Waals surface area contributed by atoms with E-state index in [2.05, 4.69) is 0 Å². The van der Waals surface area contributed by atoms with Gasteiger partial charge in [-0.1, -0.05) is 76.9 Å². The highest BCUT2D eigenvalue weighted by molar-refractivity contribution is 8.02. The van der Waals surface area contributed by atoms with Crippen LogP contribution in [0.4, 0.5) is 18.0 Å². The Bertz CT molecular complexity index is 1240. The van der Waals surface area contributed by atoms with Gasteiger partial charge in [-0.25, -0.2) is 19.3 Å². The van der Waals surface area contributed by atoms with Crippen LogP contribution in [0.1, 0.15) is 22.8 Å². The summed E-state index contributed by atoms with van der Waals surface area (Å²) in [5, 5.41) is 1.12. The number of esters is 2. The predicted molar refractivity (Wildman–Crippen MR) is 142 cm³/mol. The second kappa shape index (κ2) is 14.6. The number of amides is 1. The Morgan fingerprint density at radius 1 is 0.975 bits per heavy atom. The van der Waals surface area contributed by atoms with E-state index >= 15 is 0 Å². The topological polar surface area (TPSA) is 99.2 Å². The van der Waals surface area contributed by atoms with Crippen LogP contribution in [0.5, 0.6) is 0 Å². The van der Waals surface area contributed by atoms with Crippen molar-refractivity contribution < 1.29 is 46.6 Å². The minimum atomic E-state index is -4.70. The third-order valence-corrected chi connectivity index (χ3v) is 5.99. The highest BCUT2D eigenvalue weighted by atomic mass is 35.6. The number of carbonyl (C=O) groups is 4. The van der Waals surface area contributed by atoms with Crippen LogP contribution in [0.25, 0.3) is 0 Å². The molecular formula is C25H21Cl3F3NO7S. The Kier molecular flexibility index (Phi) is 12.2. The van der Waals surface area contributed by atoms with Gasteiger partial charge >= 0.3 is 24.2 Å². The van der Waals surface area contributed by atoms with Crippen LogP contribution in [-0.2, 0) is 30.0 Å². The maximum atomic E-state index is 13.6. The van der Waals surface area contributed by atoms with Gasteiger partial charge in [0.25, 0.3) is 0 Å². The van der Waals surface area contributed by atoms with Crippen molar-refractivity contribution >= 4 is 70.4 Å². The van der Waals surface area contributed by atoms with E-state index in [-0.39, 0.29) is 6.61 Å². The molecule has 15 heteroatoms. The molecular weight excluding hydrogens is 622 g/mol. The van der Waals surface area contributed by atoms with Crippen molar-refractivity contribution in [1.29, 1.82) is 0 Å². The van der Waals surface area contributed by atoms with Crippen LogP contribution in [-0.4, -0.2) is 58.9 Å². The summed E-state index contributed by atoms with van der Waals surface area (Å²) in [5.74, 6) is -3.70. The highest BCUT2D eigenvalue weighted by Gasteiger charge is 2.44. The van der Waals surface area contributed by atoms with E-state index in [1.54, 1.807) is 30.3 Å². The van der Waals surface area contributed by atoms with Gasteiger partial charge in [-0.15, -0.1) is 0 Å². The summed E-state index contributed by atoms with van der Waals surface area (Å²) in [4.78, 5) is 53.7. The Morgan fingerprint density at radius 3 is 2.08 bits per heavy atom. The Balaban J connectivity index is 2.69. The molecule has 2 aromatic carbocycles. The first kappa shape index (κ1) is 33.3. The fourth-order valence-corrected chi connectivity index (χ4v) is 3.95. The van der Waals surface area contributed by atoms with Gasteiger partial charge in [-0.3, -0.25) is 4.79 Å². The molecule has 1 atom stereocenters. The number of carbonyl (C=O) groups excluding carboxylic acids is 4. The molecule has 0 spiro atoms. The van der Waals surface area contributed by atoms with Crippen LogP contribution in [0.15, 0.2) is 70.6 Å². The van der Waals surface area contributed by atoms with Crippen molar-refractivity contribution in [3.63, 3.8) is 0 Å². The molecule has 216 valence electrons. The van der Waals surface area contributed by atoms with Crippen LogP contribution in [0.2, 0.25) is 0 Å². The summed E-state index contributed by atoms with van der Waals surface area (Å²) in [6, 6.07) is 9.04. The van der Waals surface area contributed by atoms with Crippen molar-refractivity contribution in [2.75, 3.05) is 20.3 Å². The van der Waals surface area contributed by atoms with Crippen molar-refractivity contribution in [2.24, 2.45) is 0 Å². The first-order chi connectivity index (χ1) is 18.7. The second-order valence-corrected chi connectivity index (χ2v) is 11.0. The number of Topliss-reactive ketones (excluding diaryl/α,β-unsaturated/α-hetero) is 1. The quantitative estimate of drug-likeness (QED) is 0.0556. The molecule has 0 aromatic heterocycles. The van der Waals surface area contributed by atoms with Crippen LogP contribution >= 0.6 is 46.6 Å². The third kappa shape index (κ3) is 9.61. The lowest BCUT2D eigenvalue weighted by molar-refractivity contribution is -0.147. The molecule has 0 aliphatic rings. The third-order valence-electron chi connectivity index (χ3n) is 4.77. The van der Waals surface area contributed by atoms with Gasteiger partial charge in [0.05, 0.1) is 19.3 Å². The summed E-state index contributed by atoms with van der Waals surface area (Å²) in [7, 11) is 0.977. The Labute approximate surface area is 246 Å². The van der Waals surface area contributed by atoms with Gasteiger partial charge in [0.15, 0.2) is 5.78 Å². The number of benzene rings is 2. The standard InChI is InChI=1S/C25H21Cl3F3NO7S/c1-3-38-22(35)19(20(33)15-9-11-16(12-10-15)25(29,30)31)32(23(36)39-14-24(26,27)28)18(21(34)37-2)13-40-17-7-5-4-6-8-17/h4-13,19H,3,14H2,1-2H3/b18-13+. The zero-order chi connectivity index (χ0) is 30.1. The number of halogens is 6. The zero-order valence-electron chi connectivity index (χ0n) is 20.7. The lowest BCUT2D eigenvalue weighted by Crippen LogP contribution is -2.52. The first-order valence-corrected chi connectivity index (χ1v) is 13.1. The fraction of sp³-hybridized carbons (Fsp3) is 0.280. The molecule has 2 rings (SSSR count). The minimum Gasteiger partial charge on any atom is -0.464 e. The number of ketones is 1. The fourth-order valence-electron chi connectivity index (χ4n) is 3.02. The van der Waals surface area contributed by atoms with E-state index in [9.17, 15) is 32.3 Å². The number of thioether (sulfide) groups is 1. The molecule has 1 unspecified atom stereocenters. The summed E-state index contributed by atoms with van der Waals surface area (Å²) in [6.45, 7) is 0.283. The van der Waals surface area contributed by atoms with Gasteiger partial charge in [-0.05, 0) is 31.2 Å². The highest BCUT2D eigenvalue weighted by Crippen LogP contribution is 2.31. The normalized spacial score (nSPS) is 12.8.